The molecule has 0 saturated carbocycles. The van der Waals surface area contributed by atoms with Crippen LogP contribution in [-0.2, 0) is 4.79 Å². The highest BCUT2D eigenvalue weighted by Gasteiger charge is 2.16. The summed E-state index contributed by atoms with van der Waals surface area (Å²) in [7, 11) is 0. The number of carbonyl (C=O) groups excluding carboxylic acids is 1. The van der Waals surface area contributed by atoms with E-state index in [1.807, 2.05) is 12.1 Å². The summed E-state index contributed by atoms with van der Waals surface area (Å²) in [4.78, 5) is 16.9. The van der Waals surface area contributed by atoms with Gasteiger partial charge in [-0.1, -0.05) is 29.8 Å². The van der Waals surface area contributed by atoms with Crippen molar-refractivity contribution in [2.24, 2.45) is 0 Å². The number of amides is 1. The molecule has 1 N–H and O–H groups in total. The fraction of sp³-hybridized carbons (Fsp3) is 0.435. The average Bonchev–Trinajstić information content (AvgIpc) is 2.72. The SMILES string of the molecule is Cc1cccc(N2CCN(CCCNC(=O)CCOc3cccc(Cl)c3)CC2)c1. The Kier molecular flexibility index (Phi) is 8.20. The maximum atomic E-state index is 11.9. The summed E-state index contributed by atoms with van der Waals surface area (Å²) in [5.74, 6) is 0.714. The normalized spacial score (nSPS) is 14.6. The summed E-state index contributed by atoms with van der Waals surface area (Å²) in [6.07, 6.45) is 1.31. The molecule has 6 heteroatoms. The first-order valence-corrected chi connectivity index (χ1v) is 10.7. The highest BCUT2D eigenvalue weighted by molar-refractivity contribution is 6.30. The van der Waals surface area contributed by atoms with Crippen molar-refractivity contribution in [2.45, 2.75) is 19.8 Å². The van der Waals surface area contributed by atoms with E-state index in [1.54, 1.807) is 12.1 Å². The monoisotopic (exact) mass is 415 g/mol. The van der Waals surface area contributed by atoms with E-state index in [2.05, 4.69) is 46.3 Å². The van der Waals surface area contributed by atoms with Gasteiger partial charge in [-0.3, -0.25) is 9.69 Å². The average molecular weight is 416 g/mol. The van der Waals surface area contributed by atoms with E-state index >= 15 is 0 Å². The van der Waals surface area contributed by atoms with Crippen LogP contribution in [0.2, 0.25) is 5.02 Å². The van der Waals surface area contributed by atoms with E-state index in [9.17, 15) is 4.79 Å². The molecule has 0 aliphatic carbocycles. The van der Waals surface area contributed by atoms with Gasteiger partial charge in [-0.2, -0.15) is 0 Å². The van der Waals surface area contributed by atoms with Crippen molar-refractivity contribution in [1.29, 1.82) is 0 Å². The second-order valence-electron chi connectivity index (χ2n) is 7.43. The number of carbonyl (C=O) groups is 1. The molecule has 0 bridgehead atoms. The van der Waals surface area contributed by atoms with Crippen molar-refractivity contribution in [3.63, 3.8) is 0 Å². The number of nitrogens with one attached hydrogen (secondary N) is 1. The van der Waals surface area contributed by atoms with Crippen LogP contribution in [0.3, 0.4) is 0 Å². The van der Waals surface area contributed by atoms with Crippen molar-refractivity contribution in [1.82, 2.24) is 10.2 Å². The van der Waals surface area contributed by atoms with Crippen LogP contribution in [0.1, 0.15) is 18.4 Å². The van der Waals surface area contributed by atoms with Crippen LogP contribution >= 0.6 is 11.6 Å². The van der Waals surface area contributed by atoms with Gasteiger partial charge in [-0.25, -0.2) is 0 Å². The first-order chi connectivity index (χ1) is 14.1. The Morgan fingerprint density at radius 3 is 2.66 bits per heavy atom. The minimum absolute atomic E-state index is 0.0243. The molecule has 156 valence electrons. The number of hydrogen-bond acceptors (Lipinski definition) is 4. The van der Waals surface area contributed by atoms with Crippen LogP contribution in [-0.4, -0.2) is 56.7 Å². The predicted octanol–water partition coefficient (Wildman–Crippen LogP) is 3.75. The Morgan fingerprint density at radius 2 is 1.90 bits per heavy atom. The molecule has 1 aliphatic rings. The molecule has 0 aromatic heterocycles. The third-order valence-electron chi connectivity index (χ3n) is 5.11. The van der Waals surface area contributed by atoms with Gasteiger partial charge in [-0.15, -0.1) is 0 Å². The van der Waals surface area contributed by atoms with Crippen LogP contribution in [0.15, 0.2) is 48.5 Å². The second kappa shape index (κ2) is 11.1. The van der Waals surface area contributed by atoms with Gasteiger partial charge in [-0.05, 0) is 55.8 Å². The zero-order valence-corrected chi connectivity index (χ0v) is 17.8. The molecule has 5 nitrogen and oxygen atoms in total. The number of aryl methyl sites for hydroxylation is 1. The minimum atomic E-state index is 0.0243. The summed E-state index contributed by atoms with van der Waals surface area (Å²) >= 11 is 5.91. The quantitative estimate of drug-likeness (QED) is 0.633. The van der Waals surface area contributed by atoms with E-state index in [0.29, 0.717) is 30.3 Å². The molecule has 1 saturated heterocycles. The van der Waals surface area contributed by atoms with Gasteiger partial charge in [0.15, 0.2) is 0 Å². The first kappa shape index (κ1) is 21.5. The Hall–Kier alpha value is -2.24. The van der Waals surface area contributed by atoms with Gasteiger partial charge in [0.1, 0.15) is 5.75 Å². The predicted molar refractivity (Wildman–Crippen MR) is 119 cm³/mol. The van der Waals surface area contributed by atoms with E-state index < -0.39 is 0 Å². The number of ether oxygens (including phenoxy) is 1. The molecule has 2 aromatic carbocycles. The fourth-order valence-corrected chi connectivity index (χ4v) is 3.67. The molecule has 0 spiro atoms. The van der Waals surface area contributed by atoms with Crippen LogP contribution in [0.5, 0.6) is 5.75 Å². The molecule has 0 unspecified atom stereocenters. The summed E-state index contributed by atoms with van der Waals surface area (Å²) in [5.41, 5.74) is 2.62. The molecule has 1 fully saturated rings. The van der Waals surface area contributed by atoms with Gasteiger partial charge in [0.05, 0.1) is 13.0 Å². The van der Waals surface area contributed by atoms with Crippen LogP contribution in [0.4, 0.5) is 5.69 Å². The zero-order valence-electron chi connectivity index (χ0n) is 17.1. The maximum Gasteiger partial charge on any atom is 0.223 e. The van der Waals surface area contributed by atoms with Crippen LogP contribution in [0, 0.1) is 6.92 Å². The van der Waals surface area contributed by atoms with Gasteiger partial charge in [0.2, 0.25) is 5.91 Å². The minimum Gasteiger partial charge on any atom is -0.493 e. The highest BCUT2D eigenvalue weighted by atomic mass is 35.5. The summed E-state index contributed by atoms with van der Waals surface area (Å²) in [6, 6.07) is 15.9. The molecular formula is C23H30ClN3O2. The number of nitrogens with zero attached hydrogens (tertiary/aromatic N) is 2. The van der Waals surface area contributed by atoms with E-state index in [1.165, 1.54) is 11.3 Å². The lowest BCUT2D eigenvalue weighted by atomic mass is 10.2. The molecule has 1 amide bonds. The lowest BCUT2D eigenvalue weighted by Gasteiger charge is -2.36. The fourth-order valence-electron chi connectivity index (χ4n) is 3.49. The summed E-state index contributed by atoms with van der Waals surface area (Å²) < 4.78 is 5.55. The lowest BCUT2D eigenvalue weighted by Crippen LogP contribution is -2.47. The number of piperazine rings is 1. The number of benzene rings is 2. The van der Waals surface area contributed by atoms with Gasteiger partial charge < -0.3 is 15.0 Å². The molecule has 0 atom stereocenters. The topological polar surface area (TPSA) is 44.8 Å². The smallest absolute Gasteiger partial charge is 0.223 e. The molecular weight excluding hydrogens is 386 g/mol. The largest absolute Gasteiger partial charge is 0.493 e. The molecule has 1 aliphatic heterocycles. The Labute approximate surface area is 178 Å². The van der Waals surface area contributed by atoms with Gasteiger partial charge in [0, 0.05) is 43.4 Å². The van der Waals surface area contributed by atoms with Gasteiger partial charge >= 0.3 is 0 Å². The van der Waals surface area contributed by atoms with Crippen molar-refractivity contribution < 1.29 is 9.53 Å². The molecule has 29 heavy (non-hydrogen) atoms. The van der Waals surface area contributed by atoms with Crippen LogP contribution in [0.25, 0.3) is 0 Å². The Balaban J connectivity index is 1.25. The van der Waals surface area contributed by atoms with E-state index in [0.717, 1.165) is 39.1 Å². The number of halogens is 1. The molecule has 2 aromatic rings. The zero-order chi connectivity index (χ0) is 20.5. The van der Waals surface area contributed by atoms with E-state index in [4.69, 9.17) is 16.3 Å². The second-order valence-corrected chi connectivity index (χ2v) is 7.86. The van der Waals surface area contributed by atoms with Crippen molar-refractivity contribution >= 4 is 23.2 Å². The summed E-state index contributed by atoms with van der Waals surface area (Å²) in [6.45, 7) is 8.44. The summed E-state index contributed by atoms with van der Waals surface area (Å²) in [5, 5.41) is 3.61. The first-order valence-electron chi connectivity index (χ1n) is 10.3. The van der Waals surface area contributed by atoms with Crippen molar-refractivity contribution in [3.8, 4) is 5.75 Å². The van der Waals surface area contributed by atoms with Crippen molar-refractivity contribution in [2.75, 3.05) is 50.8 Å². The Bertz CT molecular complexity index is 791. The standard InChI is InChI=1S/C23H30ClN3O2/c1-19-5-2-7-21(17-19)27-14-12-26(13-15-27)11-4-10-25-23(28)9-16-29-22-8-3-6-20(24)18-22/h2-3,5-8,17-18H,4,9-16H2,1H3,(H,25,28). The lowest BCUT2D eigenvalue weighted by molar-refractivity contribution is -0.121. The number of hydrogen-bond donors (Lipinski definition) is 1. The molecule has 0 radical (unpaired) electrons. The van der Waals surface area contributed by atoms with E-state index in [-0.39, 0.29) is 5.91 Å². The Morgan fingerprint density at radius 1 is 1.10 bits per heavy atom. The third-order valence-corrected chi connectivity index (χ3v) is 5.34. The number of rotatable bonds is 9. The number of anilines is 1. The molecule has 3 rings (SSSR count). The van der Waals surface area contributed by atoms with Gasteiger partial charge in [0.25, 0.3) is 0 Å². The maximum absolute atomic E-state index is 11.9. The van der Waals surface area contributed by atoms with Crippen molar-refractivity contribution in [3.05, 3.63) is 59.1 Å². The third kappa shape index (κ3) is 7.26. The van der Waals surface area contributed by atoms with Crippen LogP contribution < -0.4 is 15.0 Å². The highest BCUT2D eigenvalue weighted by Crippen LogP contribution is 2.18. The molecule has 1 heterocycles.